The van der Waals surface area contributed by atoms with E-state index in [1.807, 2.05) is 13.0 Å². The van der Waals surface area contributed by atoms with Crippen LogP contribution in [0, 0.1) is 12.7 Å². The number of fused-ring (bicyclic) bond motifs is 1. The Labute approximate surface area is 175 Å². The number of halogens is 2. The third-order valence-corrected chi connectivity index (χ3v) is 4.58. The molecule has 0 aliphatic carbocycles. The molecule has 0 bridgehead atoms. The summed E-state index contributed by atoms with van der Waals surface area (Å²) in [6.45, 7) is 1.88. The molecule has 2 heterocycles. The van der Waals surface area contributed by atoms with Gasteiger partial charge in [-0.25, -0.2) is 14.4 Å². The van der Waals surface area contributed by atoms with Crippen LogP contribution in [0.2, 0.25) is 5.02 Å². The second kappa shape index (κ2) is 7.96. The maximum absolute atomic E-state index is 13.7. The van der Waals surface area contributed by atoms with E-state index in [4.69, 9.17) is 16.0 Å². The van der Waals surface area contributed by atoms with Crippen LogP contribution in [0.1, 0.15) is 15.9 Å². The summed E-state index contributed by atoms with van der Waals surface area (Å²) < 4.78 is 19.4. The molecule has 1 amide bonds. The minimum atomic E-state index is -0.536. The molecule has 0 radical (unpaired) electrons. The van der Waals surface area contributed by atoms with Gasteiger partial charge < -0.3 is 14.8 Å². The number of rotatable bonds is 3. The highest BCUT2D eigenvalue weighted by Gasteiger charge is 2.15. The lowest BCUT2D eigenvalue weighted by atomic mass is 10.1. The van der Waals surface area contributed by atoms with Crippen LogP contribution in [-0.4, -0.2) is 16.0 Å². The molecule has 4 rings (SSSR count). The average Bonchev–Trinajstić information content (AvgIpc) is 2.72. The number of nitrogens with one attached hydrogen (secondary N) is 1. The zero-order chi connectivity index (χ0) is 21.3. The summed E-state index contributed by atoms with van der Waals surface area (Å²) in [5, 5.41) is 13.2. The fourth-order valence-electron chi connectivity index (χ4n) is 2.76. The first kappa shape index (κ1) is 19.6. The number of phenols is 1. The van der Waals surface area contributed by atoms with Crippen molar-refractivity contribution in [1.29, 1.82) is 0 Å². The van der Waals surface area contributed by atoms with E-state index in [0.717, 1.165) is 11.6 Å². The Hall–Kier alpha value is -3.71. The molecule has 30 heavy (non-hydrogen) atoms. The van der Waals surface area contributed by atoms with Gasteiger partial charge in [0.15, 0.2) is 0 Å². The number of nitrogens with zero attached hydrogens (tertiary/aromatic N) is 2. The SMILES string of the molecule is Cc1ccc(NC(=O)c2cc3ccc(O)cc3oc2=Nc2cc(F)ccc2Cl)nc1. The molecule has 0 aliphatic rings. The van der Waals surface area contributed by atoms with Crippen molar-refractivity contribution in [3.05, 3.63) is 88.3 Å². The molecule has 0 spiro atoms. The Kier molecular flexibility index (Phi) is 5.20. The normalized spacial score (nSPS) is 11.6. The first-order chi connectivity index (χ1) is 14.4. The molecule has 0 fully saturated rings. The van der Waals surface area contributed by atoms with Gasteiger partial charge in [-0.3, -0.25) is 4.79 Å². The summed E-state index contributed by atoms with van der Waals surface area (Å²) >= 11 is 6.11. The quantitative estimate of drug-likeness (QED) is 0.478. The van der Waals surface area contributed by atoms with E-state index in [1.54, 1.807) is 24.4 Å². The van der Waals surface area contributed by atoms with Crippen molar-refractivity contribution in [1.82, 2.24) is 4.98 Å². The number of aryl methyl sites for hydroxylation is 1. The average molecular weight is 424 g/mol. The summed E-state index contributed by atoms with van der Waals surface area (Å²) in [4.78, 5) is 21.4. The highest BCUT2D eigenvalue weighted by molar-refractivity contribution is 6.32. The fraction of sp³-hybridized carbons (Fsp3) is 0.0455. The lowest BCUT2D eigenvalue weighted by molar-refractivity contribution is 0.102. The number of hydrogen-bond acceptors (Lipinski definition) is 5. The maximum atomic E-state index is 13.7. The molecule has 0 unspecified atom stereocenters. The number of benzene rings is 2. The zero-order valence-corrected chi connectivity index (χ0v) is 16.4. The van der Waals surface area contributed by atoms with Crippen molar-refractivity contribution in [3.8, 4) is 5.75 Å². The molecule has 6 nitrogen and oxygen atoms in total. The lowest BCUT2D eigenvalue weighted by Crippen LogP contribution is -2.22. The van der Waals surface area contributed by atoms with Crippen molar-refractivity contribution in [2.45, 2.75) is 6.92 Å². The van der Waals surface area contributed by atoms with Crippen molar-refractivity contribution in [3.63, 3.8) is 0 Å². The zero-order valence-electron chi connectivity index (χ0n) is 15.7. The van der Waals surface area contributed by atoms with Gasteiger partial charge >= 0.3 is 0 Å². The molecule has 0 atom stereocenters. The molecule has 4 aromatic rings. The van der Waals surface area contributed by atoms with Crippen molar-refractivity contribution in [2.75, 3.05) is 5.32 Å². The second-order valence-corrected chi connectivity index (χ2v) is 6.98. The van der Waals surface area contributed by atoms with E-state index >= 15 is 0 Å². The Morgan fingerprint density at radius 2 is 2.00 bits per heavy atom. The number of aromatic hydroxyl groups is 1. The van der Waals surface area contributed by atoms with E-state index in [0.29, 0.717) is 16.8 Å². The van der Waals surface area contributed by atoms with Gasteiger partial charge in [0.1, 0.15) is 28.5 Å². The van der Waals surface area contributed by atoms with Crippen LogP contribution in [-0.2, 0) is 0 Å². The Bertz CT molecular complexity index is 1330. The molecule has 2 aromatic carbocycles. The first-order valence-corrected chi connectivity index (χ1v) is 9.27. The van der Waals surface area contributed by atoms with Gasteiger partial charge in [-0.15, -0.1) is 0 Å². The number of carbonyl (C=O) groups is 1. The molecular formula is C22H15ClFN3O3. The van der Waals surface area contributed by atoms with Crippen LogP contribution >= 0.6 is 11.6 Å². The smallest absolute Gasteiger partial charge is 0.262 e. The van der Waals surface area contributed by atoms with E-state index < -0.39 is 11.7 Å². The van der Waals surface area contributed by atoms with Gasteiger partial charge in [0.2, 0.25) is 5.55 Å². The largest absolute Gasteiger partial charge is 0.508 e. The molecule has 150 valence electrons. The van der Waals surface area contributed by atoms with Gasteiger partial charge in [-0.1, -0.05) is 17.7 Å². The standard InChI is InChI=1S/C22H15ClFN3O3/c1-12-2-7-20(25-11-12)27-21(29)16-8-13-3-5-15(28)10-19(13)30-22(16)26-18-9-14(24)4-6-17(18)23/h2-11,28H,1H3,(H,25,27,29). The topological polar surface area (TPSA) is 87.7 Å². The summed E-state index contributed by atoms with van der Waals surface area (Å²) in [5.41, 5.74) is 1.35. The van der Waals surface area contributed by atoms with Gasteiger partial charge in [0.05, 0.1) is 10.7 Å². The first-order valence-electron chi connectivity index (χ1n) is 8.90. The van der Waals surface area contributed by atoms with E-state index in [9.17, 15) is 14.3 Å². The summed E-state index contributed by atoms with van der Waals surface area (Å²) in [7, 11) is 0. The minimum absolute atomic E-state index is 0.0120. The minimum Gasteiger partial charge on any atom is -0.508 e. The van der Waals surface area contributed by atoms with Crippen LogP contribution in [0.3, 0.4) is 0 Å². The van der Waals surface area contributed by atoms with Crippen LogP contribution in [0.4, 0.5) is 15.9 Å². The summed E-state index contributed by atoms with van der Waals surface area (Å²) in [6, 6.07) is 13.2. The molecule has 0 saturated heterocycles. The monoisotopic (exact) mass is 423 g/mol. The third-order valence-electron chi connectivity index (χ3n) is 4.26. The van der Waals surface area contributed by atoms with E-state index in [1.165, 1.54) is 24.3 Å². The molecule has 8 heteroatoms. The van der Waals surface area contributed by atoms with Crippen LogP contribution in [0.25, 0.3) is 11.0 Å². The molecule has 0 aliphatic heterocycles. The van der Waals surface area contributed by atoms with Crippen molar-refractivity contribution in [2.24, 2.45) is 4.99 Å². The maximum Gasteiger partial charge on any atom is 0.262 e. The molecule has 0 saturated carbocycles. The number of phenolic OH excluding ortho intramolecular Hbond substituents is 1. The highest BCUT2D eigenvalue weighted by Crippen LogP contribution is 2.26. The number of carbonyl (C=O) groups excluding carboxylic acids is 1. The predicted octanol–water partition coefficient (Wildman–Crippen LogP) is 5.12. The van der Waals surface area contributed by atoms with Crippen LogP contribution < -0.4 is 10.9 Å². The van der Waals surface area contributed by atoms with E-state index in [-0.39, 0.29) is 27.6 Å². The Balaban J connectivity index is 1.88. The number of aromatic nitrogens is 1. The van der Waals surface area contributed by atoms with Crippen molar-refractivity contribution >= 4 is 40.0 Å². The Morgan fingerprint density at radius 1 is 1.17 bits per heavy atom. The van der Waals surface area contributed by atoms with Gasteiger partial charge in [-0.05, 0) is 48.9 Å². The number of pyridine rings is 1. The van der Waals surface area contributed by atoms with E-state index in [2.05, 4.69) is 15.3 Å². The summed E-state index contributed by atoms with van der Waals surface area (Å²) in [6.07, 6.45) is 1.63. The number of amides is 1. The molecular weight excluding hydrogens is 409 g/mol. The molecule has 2 aromatic heterocycles. The molecule has 2 N–H and O–H groups in total. The fourth-order valence-corrected chi connectivity index (χ4v) is 2.92. The third kappa shape index (κ3) is 4.16. The number of anilines is 1. The Morgan fingerprint density at radius 3 is 2.77 bits per heavy atom. The number of hydrogen-bond donors (Lipinski definition) is 2. The van der Waals surface area contributed by atoms with Gasteiger partial charge in [-0.2, -0.15) is 0 Å². The lowest BCUT2D eigenvalue weighted by Gasteiger charge is -2.07. The van der Waals surface area contributed by atoms with Crippen LogP contribution in [0.5, 0.6) is 5.75 Å². The predicted molar refractivity (Wildman–Crippen MR) is 111 cm³/mol. The van der Waals surface area contributed by atoms with Gasteiger partial charge in [0, 0.05) is 23.7 Å². The van der Waals surface area contributed by atoms with Crippen molar-refractivity contribution < 1.29 is 18.7 Å². The summed E-state index contributed by atoms with van der Waals surface area (Å²) in [5.74, 6) is -0.712. The van der Waals surface area contributed by atoms with Crippen LogP contribution in [0.15, 0.2) is 70.2 Å². The second-order valence-electron chi connectivity index (χ2n) is 6.57. The highest BCUT2D eigenvalue weighted by atomic mass is 35.5. The van der Waals surface area contributed by atoms with Gasteiger partial charge in [0.25, 0.3) is 5.91 Å².